The highest BCUT2D eigenvalue weighted by Gasteiger charge is 2.30. The summed E-state index contributed by atoms with van der Waals surface area (Å²) in [5.74, 6) is 7.50. The highest BCUT2D eigenvalue weighted by Crippen LogP contribution is 2.28. The number of aromatic nitrogens is 3. The number of rotatable bonds is 8. The molecular weight excluding hydrogens is 438 g/mol. The minimum Gasteiger partial charge on any atom is -0.485 e. The number of nitrogens with one attached hydrogen (secondary N) is 1. The van der Waals surface area contributed by atoms with Crippen LogP contribution in [0.4, 0.5) is 0 Å². The Bertz CT molecular complexity index is 1050. The number of nitrogens with two attached hydrogens (primary N) is 1. The molecule has 0 radical (unpaired) electrons. The standard InChI is InChI=1S/C20H29N5O4S2/c1-12(2)16-6-5-13(3)9-17(16)29-10-18-23-24-20(25(18)21)30-14(4)19(26)22-15-7-8-31(27,28)11-15/h5-6,9,12,14-15H,7-8,10-11,21H2,1-4H3,(H,22,26)/t14-,15-/m1/s1. The smallest absolute Gasteiger partial charge is 0.233 e. The second-order valence-electron chi connectivity index (χ2n) is 8.12. The predicted octanol–water partition coefficient (Wildman–Crippen LogP) is 1.79. The summed E-state index contributed by atoms with van der Waals surface area (Å²) in [6, 6.07) is 5.75. The third-order valence-electron chi connectivity index (χ3n) is 5.11. The van der Waals surface area contributed by atoms with Crippen molar-refractivity contribution in [1.29, 1.82) is 0 Å². The molecule has 1 aliphatic heterocycles. The first-order valence-corrected chi connectivity index (χ1v) is 12.9. The Morgan fingerprint density at radius 3 is 2.74 bits per heavy atom. The molecule has 170 valence electrons. The van der Waals surface area contributed by atoms with Crippen LogP contribution in [0.5, 0.6) is 5.75 Å². The molecule has 0 saturated carbocycles. The molecule has 1 fully saturated rings. The Kier molecular flexibility index (Phi) is 7.15. The first kappa shape index (κ1) is 23.4. The van der Waals surface area contributed by atoms with E-state index in [1.54, 1.807) is 6.92 Å². The van der Waals surface area contributed by atoms with E-state index in [1.165, 1.54) is 4.68 Å². The van der Waals surface area contributed by atoms with E-state index in [0.717, 1.165) is 28.6 Å². The van der Waals surface area contributed by atoms with Crippen LogP contribution in [0.15, 0.2) is 23.4 Å². The Morgan fingerprint density at radius 2 is 2.10 bits per heavy atom. The molecule has 3 rings (SSSR count). The molecule has 0 spiro atoms. The van der Waals surface area contributed by atoms with Gasteiger partial charge in [-0.15, -0.1) is 10.2 Å². The Labute approximate surface area is 187 Å². The van der Waals surface area contributed by atoms with Crippen LogP contribution in [0, 0.1) is 6.92 Å². The van der Waals surface area contributed by atoms with Crippen LogP contribution in [0.3, 0.4) is 0 Å². The van der Waals surface area contributed by atoms with Gasteiger partial charge >= 0.3 is 0 Å². The lowest BCUT2D eigenvalue weighted by atomic mass is 10.0. The summed E-state index contributed by atoms with van der Waals surface area (Å²) in [5.41, 5.74) is 2.20. The zero-order valence-electron chi connectivity index (χ0n) is 18.2. The van der Waals surface area contributed by atoms with Crippen molar-refractivity contribution in [3.05, 3.63) is 35.2 Å². The summed E-state index contributed by atoms with van der Waals surface area (Å²) in [4.78, 5) is 12.4. The van der Waals surface area contributed by atoms with Crippen LogP contribution in [0.2, 0.25) is 0 Å². The highest BCUT2D eigenvalue weighted by atomic mass is 32.2. The number of hydrogen-bond donors (Lipinski definition) is 2. The van der Waals surface area contributed by atoms with Crippen LogP contribution in [-0.2, 0) is 21.2 Å². The Balaban J connectivity index is 1.60. The van der Waals surface area contributed by atoms with Crippen LogP contribution < -0.4 is 15.9 Å². The molecule has 2 heterocycles. The van der Waals surface area contributed by atoms with Crippen LogP contribution in [-0.4, -0.2) is 52.0 Å². The van der Waals surface area contributed by atoms with Gasteiger partial charge in [-0.2, -0.15) is 0 Å². The number of thioether (sulfide) groups is 1. The average molecular weight is 468 g/mol. The highest BCUT2D eigenvalue weighted by molar-refractivity contribution is 8.00. The summed E-state index contributed by atoms with van der Waals surface area (Å²) in [7, 11) is -3.05. The second kappa shape index (κ2) is 9.47. The fraction of sp³-hybridized carbons (Fsp3) is 0.550. The molecule has 1 aromatic carbocycles. The lowest BCUT2D eigenvalue weighted by molar-refractivity contribution is -0.120. The number of carbonyl (C=O) groups excluding carboxylic acids is 1. The largest absolute Gasteiger partial charge is 0.485 e. The predicted molar refractivity (Wildman–Crippen MR) is 120 cm³/mol. The van der Waals surface area contributed by atoms with Gasteiger partial charge in [-0.25, -0.2) is 13.1 Å². The van der Waals surface area contributed by atoms with Gasteiger partial charge in [-0.05, 0) is 43.4 Å². The number of nitrogen functional groups attached to an aromatic ring is 1. The number of amides is 1. The van der Waals surface area contributed by atoms with Crippen molar-refractivity contribution < 1.29 is 17.9 Å². The van der Waals surface area contributed by atoms with E-state index >= 15 is 0 Å². The van der Waals surface area contributed by atoms with Crippen molar-refractivity contribution in [1.82, 2.24) is 20.2 Å². The topological polar surface area (TPSA) is 129 Å². The molecule has 11 heteroatoms. The zero-order chi connectivity index (χ0) is 22.8. The van der Waals surface area contributed by atoms with Gasteiger partial charge in [0.05, 0.1) is 16.8 Å². The number of ether oxygens (including phenoxy) is 1. The van der Waals surface area contributed by atoms with Crippen LogP contribution in [0.1, 0.15) is 50.1 Å². The van der Waals surface area contributed by atoms with Crippen LogP contribution >= 0.6 is 11.8 Å². The van der Waals surface area contributed by atoms with Gasteiger partial charge in [0.2, 0.25) is 11.1 Å². The van der Waals surface area contributed by atoms with Gasteiger partial charge in [0.15, 0.2) is 15.7 Å². The van der Waals surface area contributed by atoms with Crippen molar-refractivity contribution >= 4 is 27.5 Å². The molecule has 1 aromatic heterocycles. The quantitative estimate of drug-likeness (QED) is 0.444. The molecule has 2 aromatic rings. The van der Waals surface area contributed by atoms with E-state index in [4.69, 9.17) is 10.6 Å². The van der Waals surface area contributed by atoms with Crippen molar-refractivity contribution in [3.63, 3.8) is 0 Å². The molecular formula is C20H29N5O4S2. The first-order chi connectivity index (χ1) is 14.6. The minimum atomic E-state index is -3.05. The van der Waals surface area contributed by atoms with Gasteiger partial charge in [0, 0.05) is 6.04 Å². The van der Waals surface area contributed by atoms with E-state index in [2.05, 4.69) is 41.5 Å². The molecule has 1 amide bonds. The molecule has 0 unspecified atom stereocenters. The maximum atomic E-state index is 12.4. The maximum Gasteiger partial charge on any atom is 0.233 e. The lowest BCUT2D eigenvalue weighted by Gasteiger charge is -2.15. The summed E-state index contributed by atoms with van der Waals surface area (Å²) < 4.78 is 30.4. The summed E-state index contributed by atoms with van der Waals surface area (Å²) in [6.45, 7) is 8.07. The van der Waals surface area contributed by atoms with Crippen molar-refractivity contribution in [2.45, 2.75) is 63.1 Å². The van der Waals surface area contributed by atoms with E-state index in [0.29, 0.717) is 23.3 Å². The maximum absolute atomic E-state index is 12.4. The Hall–Kier alpha value is -2.27. The van der Waals surface area contributed by atoms with Gasteiger partial charge in [0.1, 0.15) is 12.4 Å². The monoisotopic (exact) mass is 467 g/mol. The van der Waals surface area contributed by atoms with Crippen molar-refractivity contribution in [2.75, 3.05) is 17.3 Å². The molecule has 9 nitrogen and oxygen atoms in total. The molecule has 1 saturated heterocycles. The summed E-state index contributed by atoms with van der Waals surface area (Å²) in [6.07, 6.45) is 0.442. The number of carbonyl (C=O) groups is 1. The molecule has 0 bridgehead atoms. The van der Waals surface area contributed by atoms with Gasteiger partial charge < -0.3 is 15.9 Å². The molecule has 2 atom stereocenters. The van der Waals surface area contributed by atoms with E-state index < -0.39 is 15.1 Å². The SMILES string of the molecule is Cc1ccc(C(C)C)c(OCc2nnc(S[C@H](C)C(=O)N[C@@H]3CCS(=O)(=O)C3)n2N)c1. The van der Waals surface area contributed by atoms with Gasteiger partial charge in [-0.1, -0.05) is 37.7 Å². The first-order valence-electron chi connectivity index (χ1n) is 10.2. The molecule has 3 N–H and O–H groups in total. The third-order valence-corrected chi connectivity index (χ3v) is 7.94. The lowest BCUT2D eigenvalue weighted by Crippen LogP contribution is -2.40. The molecule has 0 aliphatic carbocycles. The normalized spacial score (nSPS) is 18.8. The van der Waals surface area contributed by atoms with Crippen molar-refractivity contribution in [2.24, 2.45) is 0 Å². The number of nitrogens with zero attached hydrogens (tertiary/aromatic N) is 3. The molecule has 31 heavy (non-hydrogen) atoms. The van der Waals surface area contributed by atoms with Gasteiger partial charge in [0.25, 0.3) is 0 Å². The number of aryl methyl sites for hydroxylation is 1. The fourth-order valence-corrected chi connectivity index (χ4v) is 5.78. The number of sulfone groups is 1. The van der Waals surface area contributed by atoms with Crippen LogP contribution in [0.25, 0.3) is 0 Å². The summed E-state index contributed by atoms with van der Waals surface area (Å²) >= 11 is 1.16. The van der Waals surface area contributed by atoms with Crippen molar-refractivity contribution in [3.8, 4) is 5.75 Å². The molecule has 1 aliphatic rings. The third kappa shape index (κ3) is 5.91. The Morgan fingerprint density at radius 1 is 1.35 bits per heavy atom. The van der Waals surface area contributed by atoms with Gasteiger partial charge in [-0.3, -0.25) is 4.79 Å². The van der Waals surface area contributed by atoms with E-state index in [1.807, 2.05) is 13.0 Å². The average Bonchev–Trinajstić information content (AvgIpc) is 3.21. The fourth-order valence-electron chi connectivity index (χ4n) is 3.31. The second-order valence-corrected chi connectivity index (χ2v) is 11.7. The number of hydrogen-bond acceptors (Lipinski definition) is 8. The minimum absolute atomic E-state index is 0.0119. The van der Waals surface area contributed by atoms with E-state index in [-0.39, 0.29) is 30.1 Å². The number of benzene rings is 1. The van der Waals surface area contributed by atoms with E-state index in [9.17, 15) is 13.2 Å². The summed E-state index contributed by atoms with van der Waals surface area (Å²) in [5, 5.41) is 10.8. The zero-order valence-corrected chi connectivity index (χ0v) is 19.8.